The van der Waals surface area contributed by atoms with Gasteiger partial charge in [0.2, 0.25) is 5.78 Å². The van der Waals surface area contributed by atoms with E-state index in [0.29, 0.717) is 0 Å². The molecule has 1 aromatic rings. The van der Waals surface area contributed by atoms with Crippen molar-refractivity contribution in [1.29, 1.82) is 0 Å². The maximum Gasteiger partial charge on any atom is 0.214 e. The zero-order valence-corrected chi connectivity index (χ0v) is 7.65. The maximum absolute atomic E-state index is 11.7. The van der Waals surface area contributed by atoms with Gasteiger partial charge in [0.15, 0.2) is 6.23 Å². The van der Waals surface area contributed by atoms with Crippen LogP contribution in [-0.4, -0.2) is 26.2 Å². The summed E-state index contributed by atoms with van der Waals surface area (Å²) >= 11 is 0. The van der Waals surface area contributed by atoms with Gasteiger partial charge in [-0.15, -0.1) is 0 Å². The molecular formula is C10H11NO2. The molecule has 0 bridgehead atoms. The molecule has 68 valence electrons. The number of para-hydroxylation sites is 1. The van der Waals surface area contributed by atoms with Crippen LogP contribution >= 0.6 is 0 Å². The first-order chi connectivity index (χ1) is 6.25. The van der Waals surface area contributed by atoms with Gasteiger partial charge < -0.3 is 9.64 Å². The van der Waals surface area contributed by atoms with Gasteiger partial charge in [-0.25, -0.2) is 0 Å². The Kier molecular flexibility index (Phi) is 1.81. The predicted octanol–water partition coefficient (Wildman–Crippen LogP) is 1.29. The van der Waals surface area contributed by atoms with Crippen molar-refractivity contribution in [2.45, 2.75) is 6.23 Å². The summed E-state index contributed by atoms with van der Waals surface area (Å²) in [7, 11) is 3.41. The number of rotatable bonds is 1. The van der Waals surface area contributed by atoms with Gasteiger partial charge in [-0.1, -0.05) is 12.1 Å². The van der Waals surface area contributed by atoms with Crippen LogP contribution in [-0.2, 0) is 4.74 Å². The van der Waals surface area contributed by atoms with E-state index < -0.39 is 6.23 Å². The van der Waals surface area contributed by atoms with Gasteiger partial charge in [-0.3, -0.25) is 4.79 Å². The van der Waals surface area contributed by atoms with Crippen LogP contribution in [0.5, 0.6) is 0 Å². The molecule has 0 saturated heterocycles. The van der Waals surface area contributed by atoms with Crippen molar-refractivity contribution >= 4 is 11.5 Å². The minimum Gasteiger partial charge on any atom is -0.354 e. The summed E-state index contributed by atoms with van der Waals surface area (Å²) < 4.78 is 5.09. The van der Waals surface area contributed by atoms with Crippen molar-refractivity contribution in [3.63, 3.8) is 0 Å². The largest absolute Gasteiger partial charge is 0.354 e. The van der Waals surface area contributed by atoms with E-state index in [1.165, 1.54) is 0 Å². The van der Waals surface area contributed by atoms with E-state index in [4.69, 9.17) is 4.74 Å². The highest BCUT2D eigenvalue weighted by Crippen LogP contribution is 2.30. The van der Waals surface area contributed by atoms with E-state index in [9.17, 15) is 4.79 Å². The van der Waals surface area contributed by atoms with Crippen molar-refractivity contribution in [2.75, 3.05) is 19.1 Å². The molecule has 1 unspecified atom stereocenters. The monoisotopic (exact) mass is 177 g/mol. The number of ketones is 1. The topological polar surface area (TPSA) is 29.5 Å². The van der Waals surface area contributed by atoms with E-state index in [1.54, 1.807) is 7.11 Å². The number of ether oxygens (including phenoxy) is 1. The molecule has 1 aliphatic heterocycles. The molecule has 1 aliphatic rings. The summed E-state index contributed by atoms with van der Waals surface area (Å²) in [6, 6.07) is 7.53. The number of Topliss-reactive ketones (excluding diaryl/α,β-unsaturated/α-hetero) is 1. The van der Waals surface area contributed by atoms with Gasteiger partial charge in [0.25, 0.3) is 0 Å². The number of likely N-dealkylation sites (N-methyl/N-ethyl adjacent to an activating group) is 1. The highest BCUT2D eigenvalue weighted by molar-refractivity contribution is 6.09. The van der Waals surface area contributed by atoms with Crippen molar-refractivity contribution in [3.05, 3.63) is 29.8 Å². The third kappa shape index (κ3) is 1.04. The molecule has 2 rings (SSSR count). The molecule has 13 heavy (non-hydrogen) atoms. The van der Waals surface area contributed by atoms with Crippen LogP contribution in [0.4, 0.5) is 5.69 Å². The predicted molar refractivity (Wildman–Crippen MR) is 50.0 cm³/mol. The second kappa shape index (κ2) is 2.85. The SMILES string of the molecule is COC1C(=O)c2ccccc2N1C. The minimum absolute atomic E-state index is 0.0422. The quantitative estimate of drug-likeness (QED) is 0.647. The molecule has 1 aromatic carbocycles. The smallest absolute Gasteiger partial charge is 0.214 e. The van der Waals surface area contributed by atoms with Crippen LogP contribution in [0.15, 0.2) is 24.3 Å². The van der Waals surface area contributed by atoms with Crippen LogP contribution in [0.1, 0.15) is 10.4 Å². The van der Waals surface area contributed by atoms with Gasteiger partial charge in [0.1, 0.15) is 0 Å². The van der Waals surface area contributed by atoms with Gasteiger partial charge >= 0.3 is 0 Å². The summed E-state index contributed by atoms with van der Waals surface area (Å²) in [6.07, 6.45) is -0.447. The molecule has 3 heteroatoms. The first-order valence-electron chi connectivity index (χ1n) is 4.14. The van der Waals surface area contributed by atoms with Crippen molar-refractivity contribution in [1.82, 2.24) is 0 Å². The summed E-state index contributed by atoms with van der Waals surface area (Å²) in [4.78, 5) is 13.5. The number of fused-ring (bicyclic) bond motifs is 1. The summed E-state index contributed by atoms with van der Waals surface area (Å²) in [6.45, 7) is 0. The van der Waals surface area contributed by atoms with E-state index in [-0.39, 0.29) is 5.78 Å². The average molecular weight is 177 g/mol. The number of benzene rings is 1. The number of methoxy groups -OCH3 is 1. The molecule has 0 fully saturated rings. The van der Waals surface area contributed by atoms with E-state index in [1.807, 2.05) is 36.2 Å². The van der Waals surface area contributed by atoms with Crippen LogP contribution in [0.2, 0.25) is 0 Å². The first-order valence-corrected chi connectivity index (χ1v) is 4.14. The molecular weight excluding hydrogens is 166 g/mol. The number of carbonyl (C=O) groups excluding carboxylic acids is 1. The van der Waals surface area contributed by atoms with E-state index in [2.05, 4.69) is 0 Å². The number of hydrogen-bond donors (Lipinski definition) is 0. The lowest BCUT2D eigenvalue weighted by atomic mass is 10.1. The maximum atomic E-state index is 11.7. The Morgan fingerprint density at radius 1 is 1.38 bits per heavy atom. The molecule has 3 nitrogen and oxygen atoms in total. The Balaban J connectivity index is 2.50. The molecule has 0 spiro atoms. The van der Waals surface area contributed by atoms with Crippen molar-refractivity contribution < 1.29 is 9.53 Å². The Bertz CT molecular complexity index is 349. The third-order valence-corrected chi connectivity index (χ3v) is 2.35. The standard InChI is InChI=1S/C10H11NO2/c1-11-8-6-4-3-5-7(8)9(12)10(11)13-2/h3-6,10H,1-2H3. The van der Waals surface area contributed by atoms with Crippen LogP contribution < -0.4 is 4.90 Å². The van der Waals surface area contributed by atoms with Crippen molar-refractivity contribution in [3.8, 4) is 0 Å². The number of nitrogens with zero attached hydrogens (tertiary/aromatic N) is 1. The highest BCUT2D eigenvalue weighted by Gasteiger charge is 2.34. The first kappa shape index (κ1) is 8.26. The Hall–Kier alpha value is -1.35. The van der Waals surface area contributed by atoms with Crippen molar-refractivity contribution in [2.24, 2.45) is 0 Å². The zero-order chi connectivity index (χ0) is 9.42. The van der Waals surface area contributed by atoms with Gasteiger partial charge in [0.05, 0.1) is 0 Å². The lowest BCUT2D eigenvalue weighted by Gasteiger charge is -2.18. The lowest BCUT2D eigenvalue weighted by Crippen LogP contribution is -2.33. The Morgan fingerprint density at radius 2 is 2.08 bits per heavy atom. The molecule has 0 saturated carbocycles. The third-order valence-electron chi connectivity index (χ3n) is 2.35. The zero-order valence-electron chi connectivity index (χ0n) is 7.65. The van der Waals surface area contributed by atoms with E-state index in [0.717, 1.165) is 11.3 Å². The molecule has 0 aliphatic carbocycles. The molecule has 1 atom stereocenters. The second-order valence-corrected chi connectivity index (χ2v) is 3.08. The molecule has 0 amide bonds. The van der Waals surface area contributed by atoms with Crippen LogP contribution in [0.25, 0.3) is 0 Å². The molecule has 0 radical (unpaired) electrons. The fourth-order valence-electron chi connectivity index (χ4n) is 1.69. The number of carbonyl (C=O) groups is 1. The normalized spacial score (nSPS) is 20.6. The molecule has 1 heterocycles. The molecule has 0 aromatic heterocycles. The van der Waals surface area contributed by atoms with E-state index >= 15 is 0 Å². The minimum atomic E-state index is -0.447. The van der Waals surface area contributed by atoms with Crippen LogP contribution in [0.3, 0.4) is 0 Å². The average Bonchev–Trinajstić information content (AvgIpc) is 2.41. The Labute approximate surface area is 76.9 Å². The summed E-state index contributed by atoms with van der Waals surface area (Å²) in [5, 5.41) is 0. The number of anilines is 1. The van der Waals surface area contributed by atoms with Gasteiger partial charge in [-0.05, 0) is 12.1 Å². The summed E-state index contributed by atoms with van der Waals surface area (Å²) in [5.41, 5.74) is 1.69. The number of hydrogen-bond acceptors (Lipinski definition) is 3. The summed E-state index contributed by atoms with van der Waals surface area (Å²) in [5.74, 6) is 0.0422. The molecule has 0 N–H and O–H groups in total. The Morgan fingerprint density at radius 3 is 2.69 bits per heavy atom. The van der Waals surface area contributed by atoms with Crippen LogP contribution in [0, 0.1) is 0 Å². The second-order valence-electron chi connectivity index (χ2n) is 3.08. The van der Waals surface area contributed by atoms with Gasteiger partial charge in [-0.2, -0.15) is 0 Å². The highest BCUT2D eigenvalue weighted by atomic mass is 16.5. The lowest BCUT2D eigenvalue weighted by molar-refractivity contribution is 0.0644. The fourth-order valence-corrected chi connectivity index (χ4v) is 1.69. The fraction of sp³-hybridized carbons (Fsp3) is 0.300. The van der Waals surface area contributed by atoms with Gasteiger partial charge in [0, 0.05) is 25.4 Å².